The molecule has 2 amide bonds. The standard InChI is InChI=1S/C28H27N3O2/c1-20-9-6-10-21(2)26(20)29-28(32)31-18-17-30-16-8-15-25(30)27(31)22-11-7-14-24(19-22)33-23-12-4-3-5-13-23/h3-16,19,27H,17-18H2,1-2H3,(H,29,32). The summed E-state index contributed by atoms with van der Waals surface area (Å²) in [5, 5.41) is 3.17. The van der Waals surface area contributed by atoms with Crippen molar-refractivity contribution in [3.63, 3.8) is 0 Å². The Hall–Kier alpha value is -3.99. The smallest absolute Gasteiger partial charge is 0.322 e. The van der Waals surface area contributed by atoms with Crippen LogP contribution in [0.5, 0.6) is 11.5 Å². The molecule has 1 aromatic heterocycles. The number of urea groups is 1. The maximum atomic E-state index is 13.5. The molecule has 0 bridgehead atoms. The predicted octanol–water partition coefficient (Wildman–Crippen LogP) is 6.53. The van der Waals surface area contributed by atoms with Gasteiger partial charge < -0.3 is 19.5 Å². The van der Waals surface area contributed by atoms with Crippen LogP contribution in [0, 0.1) is 13.8 Å². The molecule has 5 nitrogen and oxygen atoms in total. The number of nitrogens with zero attached hydrogens (tertiary/aromatic N) is 2. The van der Waals surface area contributed by atoms with Gasteiger partial charge in [-0.1, -0.05) is 48.5 Å². The fourth-order valence-electron chi connectivity index (χ4n) is 4.52. The Morgan fingerprint density at radius 3 is 2.36 bits per heavy atom. The third-order valence-electron chi connectivity index (χ3n) is 6.16. The molecule has 4 aromatic rings. The van der Waals surface area contributed by atoms with E-state index in [-0.39, 0.29) is 12.1 Å². The molecule has 0 radical (unpaired) electrons. The molecule has 0 aliphatic carbocycles. The first-order valence-electron chi connectivity index (χ1n) is 11.2. The number of aryl methyl sites for hydroxylation is 2. The van der Waals surface area contributed by atoms with Crippen molar-refractivity contribution < 1.29 is 9.53 Å². The number of carbonyl (C=O) groups is 1. The molecule has 5 rings (SSSR count). The quantitative estimate of drug-likeness (QED) is 0.394. The van der Waals surface area contributed by atoms with Gasteiger partial charge >= 0.3 is 6.03 Å². The Bertz CT molecular complexity index is 1260. The van der Waals surface area contributed by atoms with Crippen molar-refractivity contribution in [3.8, 4) is 11.5 Å². The molecule has 0 saturated carbocycles. The van der Waals surface area contributed by atoms with E-state index in [9.17, 15) is 4.79 Å². The first-order chi connectivity index (χ1) is 16.1. The highest BCUT2D eigenvalue weighted by Crippen LogP contribution is 2.35. The van der Waals surface area contributed by atoms with E-state index in [1.807, 2.05) is 91.5 Å². The Morgan fingerprint density at radius 1 is 0.848 bits per heavy atom. The summed E-state index contributed by atoms with van der Waals surface area (Å²) < 4.78 is 8.30. The van der Waals surface area contributed by atoms with Crippen LogP contribution in [0.4, 0.5) is 10.5 Å². The summed E-state index contributed by atoms with van der Waals surface area (Å²) in [6.45, 7) is 5.42. The Balaban J connectivity index is 1.48. The van der Waals surface area contributed by atoms with Crippen LogP contribution < -0.4 is 10.1 Å². The van der Waals surface area contributed by atoms with Gasteiger partial charge in [0.05, 0.1) is 6.04 Å². The molecule has 0 spiro atoms. The molecule has 1 atom stereocenters. The summed E-state index contributed by atoms with van der Waals surface area (Å²) in [5.41, 5.74) is 5.09. The summed E-state index contributed by atoms with van der Waals surface area (Å²) in [6, 6.07) is 27.6. The molecule has 1 aliphatic rings. The second kappa shape index (κ2) is 8.87. The highest BCUT2D eigenvalue weighted by molar-refractivity contribution is 5.91. The minimum Gasteiger partial charge on any atom is -0.457 e. The highest BCUT2D eigenvalue weighted by atomic mass is 16.5. The van der Waals surface area contributed by atoms with Gasteiger partial charge in [-0.05, 0) is 66.9 Å². The van der Waals surface area contributed by atoms with Crippen molar-refractivity contribution in [2.75, 3.05) is 11.9 Å². The Morgan fingerprint density at radius 2 is 1.58 bits per heavy atom. The second-order valence-electron chi connectivity index (χ2n) is 8.41. The number of fused-ring (bicyclic) bond motifs is 1. The first-order valence-corrected chi connectivity index (χ1v) is 11.2. The normalized spacial score (nSPS) is 15.1. The number of ether oxygens (including phenoxy) is 1. The maximum Gasteiger partial charge on any atom is 0.322 e. The van der Waals surface area contributed by atoms with E-state index >= 15 is 0 Å². The maximum absolute atomic E-state index is 13.5. The lowest BCUT2D eigenvalue weighted by Gasteiger charge is -2.37. The van der Waals surface area contributed by atoms with Crippen LogP contribution in [-0.2, 0) is 6.54 Å². The zero-order valence-electron chi connectivity index (χ0n) is 18.9. The van der Waals surface area contributed by atoms with Crippen molar-refractivity contribution >= 4 is 11.7 Å². The lowest BCUT2D eigenvalue weighted by atomic mass is 10.00. The first kappa shape index (κ1) is 20.9. The third kappa shape index (κ3) is 4.22. The van der Waals surface area contributed by atoms with Crippen LogP contribution in [0.1, 0.15) is 28.4 Å². The van der Waals surface area contributed by atoms with Gasteiger partial charge in [0.2, 0.25) is 0 Å². The molecule has 166 valence electrons. The number of para-hydroxylation sites is 2. The summed E-state index contributed by atoms with van der Waals surface area (Å²) in [6.07, 6.45) is 2.08. The van der Waals surface area contributed by atoms with Crippen LogP contribution in [0.15, 0.2) is 91.1 Å². The summed E-state index contributed by atoms with van der Waals surface area (Å²) in [7, 11) is 0. The molecular formula is C28H27N3O2. The predicted molar refractivity (Wildman–Crippen MR) is 131 cm³/mol. The molecule has 2 heterocycles. The monoisotopic (exact) mass is 437 g/mol. The van der Waals surface area contributed by atoms with E-state index in [0.29, 0.717) is 6.54 Å². The molecule has 1 N–H and O–H groups in total. The average Bonchev–Trinajstić information content (AvgIpc) is 3.30. The molecule has 1 unspecified atom stereocenters. The van der Waals surface area contributed by atoms with E-state index in [4.69, 9.17) is 4.74 Å². The minimum absolute atomic E-state index is 0.0979. The van der Waals surface area contributed by atoms with Crippen molar-refractivity contribution in [1.82, 2.24) is 9.47 Å². The van der Waals surface area contributed by atoms with Crippen molar-refractivity contribution in [3.05, 3.63) is 114 Å². The second-order valence-corrected chi connectivity index (χ2v) is 8.41. The number of hydrogen-bond donors (Lipinski definition) is 1. The van der Waals surface area contributed by atoms with Gasteiger partial charge in [-0.2, -0.15) is 0 Å². The van der Waals surface area contributed by atoms with Gasteiger partial charge in [-0.3, -0.25) is 0 Å². The number of aromatic nitrogens is 1. The fraction of sp³-hybridized carbons (Fsp3) is 0.179. The fourth-order valence-corrected chi connectivity index (χ4v) is 4.52. The van der Waals surface area contributed by atoms with Crippen LogP contribution in [0.25, 0.3) is 0 Å². The van der Waals surface area contributed by atoms with Gasteiger partial charge in [0, 0.05) is 30.7 Å². The van der Waals surface area contributed by atoms with Gasteiger partial charge in [0.1, 0.15) is 11.5 Å². The van der Waals surface area contributed by atoms with E-state index < -0.39 is 0 Å². The molecule has 3 aromatic carbocycles. The Kier molecular flexibility index (Phi) is 5.61. The van der Waals surface area contributed by atoms with E-state index in [1.54, 1.807) is 0 Å². The van der Waals surface area contributed by atoms with Crippen molar-refractivity contribution in [1.29, 1.82) is 0 Å². The molecule has 33 heavy (non-hydrogen) atoms. The number of carbonyl (C=O) groups excluding carboxylic acids is 1. The van der Waals surface area contributed by atoms with Gasteiger partial charge in [0.25, 0.3) is 0 Å². The summed E-state index contributed by atoms with van der Waals surface area (Å²) in [5.74, 6) is 1.53. The van der Waals surface area contributed by atoms with E-state index in [2.05, 4.69) is 28.2 Å². The lowest BCUT2D eigenvalue weighted by molar-refractivity contribution is 0.181. The van der Waals surface area contributed by atoms with Crippen LogP contribution in [0.3, 0.4) is 0 Å². The van der Waals surface area contributed by atoms with Crippen molar-refractivity contribution in [2.24, 2.45) is 0 Å². The highest BCUT2D eigenvalue weighted by Gasteiger charge is 2.32. The minimum atomic E-state index is -0.211. The molecule has 1 aliphatic heterocycles. The number of nitrogens with one attached hydrogen (secondary N) is 1. The van der Waals surface area contributed by atoms with Gasteiger partial charge in [-0.15, -0.1) is 0 Å². The number of rotatable bonds is 4. The summed E-state index contributed by atoms with van der Waals surface area (Å²) >= 11 is 0. The van der Waals surface area contributed by atoms with Gasteiger partial charge in [0.15, 0.2) is 0 Å². The topological polar surface area (TPSA) is 46.5 Å². The van der Waals surface area contributed by atoms with Crippen LogP contribution >= 0.6 is 0 Å². The zero-order valence-corrected chi connectivity index (χ0v) is 18.9. The Labute approximate surface area is 194 Å². The largest absolute Gasteiger partial charge is 0.457 e. The zero-order chi connectivity index (χ0) is 22.8. The molecule has 0 saturated heterocycles. The van der Waals surface area contributed by atoms with Crippen LogP contribution in [-0.4, -0.2) is 22.0 Å². The van der Waals surface area contributed by atoms with Crippen LogP contribution in [0.2, 0.25) is 0 Å². The number of hydrogen-bond acceptors (Lipinski definition) is 2. The average molecular weight is 438 g/mol. The third-order valence-corrected chi connectivity index (χ3v) is 6.16. The van der Waals surface area contributed by atoms with Gasteiger partial charge in [-0.25, -0.2) is 4.79 Å². The summed E-state index contributed by atoms with van der Waals surface area (Å²) in [4.78, 5) is 15.5. The number of benzene rings is 3. The van der Waals surface area contributed by atoms with Crippen molar-refractivity contribution in [2.45, 2.75) is 26.4 Å². The molecule has 5 heteroatoms. The molecule has 0 fully saturated rings. The number of anilines is 1. The lowest BCUT2D eigenvalue weighted by Crippen LogP contribution is -2.44. The van der Waals surface area contributed by atoms with E-state index in [0.717, 1.165) is 46.1 Å². The molecular weight excluding hydrogens is 410 g/mol. The SMILES string of the molecule is Cc1cccc(C)c1NC(=O)N1CCn2cccc2C1c1cccc(Oc2ccccc2)c1. The van der Waals surface area contributed by atoms with E-state index in [1.165, 1.54) is 0 Å². The number of amides is 2.